The normalized spacial score (nSPS) is 30.5. The standard InChI is InChI=1S/C11H11ClN2/c12-10-3-1-2-8(4-10)9-5-11(14,6-9)7-13/h1-4,9H,5-6,14H2. The third-order valence-electron chi connectivity index (χ3n) is 2.76. The third-order valence-corrected chi connectivity index (χ3v) is 3.00. The molecule has 0 radical (unpaired) electrons. The quantitative estimate of drug-likeness (QED) is 0.767. The van der Waals surface area contributed by atoms with Crippen molar-refractivity contribution in [1.29, 1.82) is 5.26 Å². The molecule has 14 heavy (non-hydrogen) atoms. The minimum Gasteiger partial charge on any atom is -0.313 e. The lowest BCUT2D eigenvalue weighted by Crippen LogP contribution is -2.49. The molecule has 0 atom stereocenters. The van der Waals surface area contributed by atoms with Crippen molar-refractivity contribution >= 4 is 11.6 Å². The first-order valence-electron chi connectivity index (χ1n) is 4.58. The lowest BCUT2D eigenvalue weighted by molar-refractivity contribution is 0.274. The molecule has 0 bridgehead atoms. The lowest BCUT2D eigenvalue weighted by atomic mass is 9.67. The van der Waals surface area contributed by atoms with Crippen molar-refractivity contribution in [1.82, 2.24) is 0 Å². The van der Waals surface area contributed by atoms with Gasteiger partial charge in [0.2, 0.25) is 0 Å². The van der Waals surface area contributed by atoms with Crippen LogP contribution in [0.2, 0.25) is 5.02 Å². The lowest BCUT2D eigenvalue weighted by Gasteiger charge is -2.39. The molecule has 0 aliphatic heterocycles. The predicted octanol–water partition coefficient (Wildman–Crippen LogP) is 2.44. The molecule has 1 saturated carbocycles. The van der Waals surface area contributed by atoms with Crippen LogP contribution in [0.3, 0.4) is 0 Å². The number of rotatable bonds is 1. The Morgan fingerprint density at radius 1 is 1.50 bits per heavy atom. The fourth-order valence-corrected chi connectivity index (χ4v) is 2.11. The molecular weight excluding hydrogens is 196 g/mol. The molecule has 2 N–H and O–H groups in total. The molecule has 1 fully saturated rings. The Balaban J connectivity index is 2.11. The first-order chi connectivity index (χ1) is 6.63. The Labute approximate surface area is 88.3 Å². The van der Waals surface area contributed by atoms with Crippen LogP contribution >= 0.6 is 11.6 Å². The second-order valence-electron chi connectivity index (χ2n) is 3.93. The topological polar surface area (TPSA) is 49.8 Å². The molecule has 1 aliphatic carbocycles. The smallest absolute Gasteiger partial charge is 0.105 e. The van der Waals surface area contributed by atoms with E-state index in [1.807, 2.05) is 24.3 Å². The van der Waals surface area contributed by atoms with E-state index in [9.17, 15) is 0 Å². The van der Waals surface area contributed by atoms with Crippen molar-refractivity contribution in [2.75, 3.05) is 0 Å². The minimum absolute atomic E-state index is 0.401. The highest BCUT2D eigenvalue weighted by Gasteiger charge is 2.41. The molecule has 1 aliphatic rings. The molecule has 2 rings (SSSR count). The van der Waals surface area contributed by atoms with Gasteiger partial charge in [0.15, 0.2) is 0 Å². The minimum atomic E-state index is -0.604. The van der Waals surface area contributed by atoms with Crippen LogP contribution in [-0.4, -0.2) is 5.54 Å². The number of hydrogen-bond acceptors (Lipinski definition) is 2. The van der Waals surface area contributed by atoms with Crippen molar-refractivity contribution < 1.29 is 0 Å². The molecule has 1 aromatic rings. The van der Waals surface area contributed by atoms with Crippen molar-refractivity contribution in [3.63, 3.8) is 0 Å². The second kappa shape index (κ2) is 3.27. The SMILES string of the molecule is N#CC1(N)CC(c2cccc(Cl)c2)C1. The average Bonchev–Trinajstić information content (AvgIpc) is 2.13. The highest BCUT2D eigenvalue weighted by Crippen LogP contribution is 2.43. The van der Waals surface area contributed by atoms with E-state index in [0.29, 0.717) is 5.92 Å². The van der Waals surface area contributed by atoms with Crippen molar-refractivity contribution in [3.05, 3.63) is 34.9 Å². The van der Waals surface area contributed by atoms with Gasteiger partial charge in [0.1, 0.15) is 5.54 Å². The van der Waals surface area contributed by atoms with Gasteiger partial charge in [0, 0.05) is 5.02 Å². The molecule has 0 amide bonds. The maximum atomic E-state index is 8.76. The number of halogens is 1. The van der Waals surface area contributed by atoms with Crippen LogP contribution in [0, 0.1) is 11.3 Å². The van der Waals surface area contributed by atoms with Gasteiger partial charge in [-0.3, -0.25) is 0 Å². The van der Waals surface area contributed by atoms with Crippen LogP contribution in [0.1, 0.15) is 24.3 Å². The largest absolute Gasteiger partial charge is 0.313 e. The zero-order valence-corrected chi connectivity index (χ0v) is 8.46. The highest BCUT2D eigenvalue weighted by molar-refractivity contribution is 6.30. The molecule has 0 saturated heterocycles. The second-order valence-corrected chi connectivity index (χ2v) is 4.36. The summed E-state index contributed by atoms with van der Waals surface area (Å²) in [4.78, 5) is 0. The van der Waals surface area contributed by atoms with Gasteiger partial charge in [-0.1, -0.05) is 23.7 Å². The van der Waals surface area contributed by atoms with Gasteiger partial charge in [0.05, 0.1) is 6.07 Å². The molecular formula is C11H11ClN2. The van der Waals surface area contributed by atoms with Gasteiger partial charge in [-0.05, 0) is 36.5 Å². The number of nitrogens with zero attached hydrogens (tertiary/aromatic N) is 1. The van der Waals surface area contributed by atoms with E-state index in [4.69, 9.17) is 22.6 Å². The fourth-order valence-electron chi connectivity index (χ4n) is 1.91. The van der Waals surface area contributed by atoms with Crippen LogP contribution in [0.4, 0.5) is 0 Å². The zero-order chi connectivity index (χ0) is 10.2. The Morgan fingerprint density at radius 3 is 2.79 bits per heavy atom. The van der Waals surface area contributed by atoms with E-state index in [2.05, 4.69) is 6.07 Å². The van der Waals surface area contributed by atoms with E-state index in [0.717, 1.165) is 17.9 Å². The van der Waals surface area contributed by atoms with E-state index in [1.54, 1.807) is 0 Å². The molecule has 0 heterocycles. The Morgan fingerprint density at radius 2 is 2.21 bits per heavy atom. The van der Waals surface area contributed by atoms with Crippen LogP contribution in [-0.2, 0) is 0 Å². The van der Waals surface area contributed by atoms with Crippen molar-refractivity contribution in [2.45, 2.75) is 24.3 Å². The fraction of sp³-hybridized carbons (Fsp3) is 0.364. The van der Waals surface area contributed by atoms with Gasteiger partial charge >= 0.3 is 0 Å². The molecule has 0 aromatic heterocycles. The van der Waals surface area contributed by atoms with E-state index < -0.39 is 5.54 Å². The molecule has 0 spiro atoms. The van der Waals surface area contributed by atoms with Crippen LogP contribution in [0.25, 0.3) is 0 Å². The van der Waals surface area contributed by atoms with Crippen molar-refractivity contribution in [2.24, 2.45) is 5.73 Å². The maximum absolute atomic E-state index is 8.76. The summed E-state index contributed by atoms with van der Waals surface area (Å²) in [6.07, 6.45) is 1.48. The van der Waals surface area contributed by atoms with Crippen molar-refractivity contribution in [3.8, 4) is 6.07 Å². The summed E-state index contributed by atoms with van der Waals surface area (Å²) >= 11 is 5.88. The molecule has 72 valence electrons. The van der Waals surface area contributed by atoms with Gasteiger partial charge in [-0.25, -0.2) is 0 Å². The number of nitrogens with two attached hydrogens (primary N) is 1. The molecule has 0 unspecified atom stereocenters. The van der Waals surface area contributed by atoms with Crippen LogP contribution in [0.5, 0.6) is 0 Å². The first-order valence-corrected chi connectivity index (χ1v) is 4.96. The summed E-state index contributed by atoms with van der Waals surface area (Å²) in [6, 6.07) is 9.90. The van der Waals surface area contributed by atoms with Crippen LogP contribution < -0.4 is 5.73 Å². The Bertz CT molecular complexity index is 389. The monoisotopic (exact) mass is 206 g/mol. The summed E-state index contributed by atoms with van der Waals surface area (Å²) in [5.74, 6) is 0.401. The summed E-state index contributed by atoms with van der Waals surface area (Å²) in [6.45, 7) is 0. The number of nitriles is 1. The van der Waals surface area contributed by atoms with Gasteiger partial charge in [-0.2, -0.15) is 5.26 Å². The summed E-state index contributed by atoms with van der Waals surface area (Å²) in [7, 11) is 0. The zero-order valence-electron chi connectivity index (χ0n) is 7.70. The summed E-state index contributed by atoms with van der Waals surface area (Å²) in [5.41, 5.74) is 6.36. The first kappa shape index (κ1) is 9.51. The summed E-state index contributed by atoms with van der Waals surface area (Å²) in [5, 5.41) is 9.51. The number of hydrogen-bond donors (Lipinski definition) is 1. The summed E-state index contributed by atoms with van der Waals surface area (Å²) < 4.78 is 0. The Kier molecular flexibility index (Phi) is 2.22. The Hall–Kier alpha value is -1.04. The molecule has 1 aromatic carbocycles. The van der Waals surface area contributed by atoms with E-state index in [1.165, 1.54) is 5.56 Å². The maximum Gasteiger partial charge on any atom is 0.105 e. The molecule has 3 heteroatoms. The van der Waals surface area contributed by atoms with Gasteiger partial charge in [-0.15, -0.1) is 0 Å². The third kappa shape index (κ3) is 1.61. The van der Waals surface area contributed by atoms with E-state index in [-0.39, 0.29) is 0 Å². The van der Waals surface area contributed by atoms with Gasteiger partial charge < -0.3 is 5.73 Å². The predicted molar refractivity (Wildman–Crippen MR) is 56.0 cm³/mol. The highest BCUT2D eigenvalue weighted by atomic mass is 35.5. The van der Waals surface area contributed by atoms with Gasteiger partial charge in [0.25, 0.3) is 0 Å². The number of benzene rings is 1. The average molecular weight is 207 g/mol. The molecule has 2 nitrogen and oxygen atoms in total. The van der Waals surface area contributed by atoms with E-state index >= 15 is 0 Å². The van der Waals surface area contributed by atoms with Crippen LogP contribution in [0.15, 0.2) is 24.3 Å².